The van der Waals surface area contributed by atoms with Crippen molar-refractivity contribution in [2.24, 2.45) is 4.99 Å². The minimum Gasteiger partial charge on any atom is -0.481 e. The van der Waals surface area contributed by atoms with Crippen molar-refractivity contribution in [3.05, 3.63) is 0 Å². The molecule has 2 N–H and O–H groups in total. The molecule has 0 aromatic heterocycles. The number of carboxylic acids is 1. The molecule has 6 nitrogen and oxygen atoms in total. The van der Waals surface area contributed by atoms with Crippen LogP contribution in [0, 0.1) is 5.41 Å². The van der Waals surface area contributed by atoms with Crippen LogP contribution in [0.4, 0.5) is 0 Å². The van der Waals surface area contributed by atoms with Crippen molar-refractivity contribution in [2.75, 3.05) is 0 Å². The van der Waals surface area contributed by atoms with E-state index in [0.29, 0.717) is 12.8 Å². The third-order valence-corrected chi connectivity index (χ3v) is 7.05. The molecule has 1 atom stereocenters. The first-order valence-electron chi connectivity index (χ1n) is 6.97. The summed E-state index contributed by atoms with van der Waals surface area (Å²) in [5, 5.41) is 16.3. The molecular formula is C13H20N2O4S. The largest absolute Gasteiger partial charge is 0.481 e. The van der Waals surface area contributed by atoms with E-state index >= 15 is 0 Å². The van der Waals surface area contributed by atoms with Gasteiger partial charge in [-0.1, -0.05) is 19.3 Å². The van der Waals surface area contributed by atoms with Crippen LogP contribution in [0.1, 0.15) is 51.4 Å². The second-order valence-electron chi connectivity index (χ2n) is 5.48. The number of nitrogens with one attached hydrogen (secondary N) is 1. The van der Waals surface area contributed by atoms with Gasteiger partial charge in [0, 0.05) is 25.5 Å². The minimum atomic E-state index is -3.65. The molecule has 1 fully saturated rings. The number of aliphatic imine (C=N–C) groups is 1. The topological polar surface area (TPSA) is 108 Å². The molecular weight excluding hydrogens is 280 g/mol. The highest BCUT2D eigenvalue weighted by Gasteiger charge is 2.52. The van der Waals surface area contributed by atoms with Gasteiger partial charge >= 0.3 is 5.97 Å². The summed E-state index contributed by atoms with van der Waals surface area (Å²) in [5.41, 5.74) is 0.0179. The van der Waals surface area contributed by atoms with Crippen molar-refractivity contribution in [1.82, 2.24) is 0 Å². The van der Waals surface area contributed by atoms with Crippen LogP contribution in [0.3, 0.4) is 0 Å². The van der Waals surface area contributed by atoms with E-state index in [1.54, 1.807) is 0 Å². The van der Waals surface area contributed by atoms with Gasteiger partial charge in [-0.25, -0.2) is 8.42 Å². The predicted molar refractivity (Wildman–Crippen MR) is 76.2 cm³/mol. The first-order valence-corrected chi connectivity index (χ1v) is 8.51. The van der Waals surface area contributed by atoms with E-state index in [1.807, 2.05) is 0 Å². The van der Waals surface area contributed by atoms with E-state index in [0.717, 1.165) is 19.3 Å². The lowest BCUT2D eigenvalue weighted by molar-refractivity contribution is -0.137. The Bertz CT molecular complexity index is 535. The Labute approximate surface area is 118 Å². The zero-order valence-corrected chi connectivity index (χ0v) is 12.2. The Morgan fingerprint density at radius 2 is 2.05 bits per heavy atom. The van der Waals surface area contributed by atoms with Gasteiger partial charge in [0.15, 0.2) is 14.7 Å². The third-order valence-electron chi connectivity index (χ3n) is 4.21. The second-order valence-corrected chi connectivity index (χ2v) is 7.91. The van der Waals surface area contributed by atoms with Crippen molar-refractivity contribution in [1.29, 1.82) is 5.41 Å². The number of carbonyl (C=O) groups is 1. The number of hydrogen-bond acceptors (Lipinski definition) is 5. The first kappa shape index (κ1) is 15.2. The SMILES string of the molecule is N=C1CC=NC1(CCC(=O)O)S(=O)(=O)C1CCCCC1. The van der Waals surface area contributed by atoms with E-state index in [1.165, 1.54) is 6.21 Å². The molecule has 0 saturated heterocycles. The average Bonchev–Trinajstić information content (AvgIpc) is 2.80. The summed E-state index contributed by atoms with van der Waals surface area (Å²) in [7, 11) is -3.65. The van der Waals surface area contributed by atoms with Crippen molar-refractivity contribution in [3.63, 3.8) is 0 Å². The summed E-state index contributed by atoms with van der Waals surface area (Å²) < 4.78 is 25.8. The summed E-state index contributed by atoms with van der Waals surface area (Å²) >= 11 is 0. The molecule has 1 saturated carbocycles. The van der Waals surface area contributed by atoms with Crippen molar-refractivity contribution < 1.29 is 18.3 Å². The summed E-state index contributed by atoms with van der Waals surface area (Å²) in [5.74, 6) is -1.06. The molecule has 1 unspecified atom stereocenters. The molecule has 0 aromatic carbocycles. The highest BCUT2D eigenvalue weighted by molar-refractivity contribution is 7.94. The average molecular weight is 300 g/mol. The smallest absolute Gasteiger partial charge is 0.303 e. The molecule has 112 valence electrons. The maximum Gasteiger partial charge on any atom is 0.303 e. The van der Waals surface area contributed by atoms with Crippen LogP contribution in [0.2, 0.25) is 0 Å². The van der Waals surface area contributed by atoms with Gasteiger partial charge in [0.05, 0.1) is 11.0 Å². The van der Waals surface area contributed by atoms with Crippen molar-refractivity contribution in [2.45, 2.75) is 61.5 Å². The van der Waals surface area contributed by atoms with E-state index in [2.05, 4.69) is 4.99 Å². The quantitative estimate of drug-likeness (QED) is 0.806. The maximum atomic E-state index is 12.9. The van der Waals surface area contributed by atoms with Gasteiger partial charge in [-0.05, 0) is 12.8 Å². The monoisotopic (exact) mass is 300 g/mol. The summed E-state index contributed by atoms with van der Waals surface area (Å²) in [6, 6.07) is 0. The zero-order valence-electron chi connectivity index (χ0n) is 11.3. The standard InChI is InChI=1S/C13H20N2O4S/c14-11-7-9-15-13(11,8-6-12(16)17)20(18,19)10-4-2-1-3-5-10/h9-10,14H,1-8H2,(H,16,17). The van der Waals surface area contributed by atoms with E-state index in [9.17, 15) is 13.2 Å². The third kappa shape index (κ3) is 2.51. The first-order chi connectivity index (χ1) is 9.40. The Morgan fingerprint density at radius 3 is 2.55 bits per heavy atom. The minimum absolute atomic E-state index is 0.0179. The molecule has 0 spiro atoms. The van der Waals surface area contributed by atoms with E-state index in [4.69, 9.17) is 10.5 Å². The molecule has 1 aliphatic carbocycles. The fourth-order valence-electron chi connectivity index (χ4n) is 3.05. The van der Waals surface area contributed by atoms with Gasteiger partial charge in [-0.3, -0.25) is 9.79 Å². The Morgan fingerprint density at radius 1 is 1.40 bits per heavy atom. The van der Waals surface area contributed by atoms with Crippen molar-refractivity contribution in [3.8, 4) is 0 Å². The Hall–Kier alpha value is -1.24. The van der Waals surface area contributed by atoms with Crippen LogP contribution >= 0.6 is 0 Å². The molecule has 2 rings (SSSR count). The number of rotatable bonds is 5. The second kappa shape index (κ2) is 5.63. The van der Waals surface area contributed by atoms with Gasteiger partial charge in [-0.15, -0.1) is 0 Å². The molecule has 2 aliphatic rings. The molecule has 0 radical (unpaired) electrons. The molecule has 20 heavy (non-hydrogen) atoms. The molecule has 0 bridgehead atoms. The van der Waals surface area contributed by atoms with E-state index in [-0.39, 0.29) is 25.0 Å². The number of hydrogen-bond donors (Lipinski definition) is 2. The van der Waals surface area contributed by atoms with Crippen LogP contribution in [0.5, 0.6) is 0 Å². The highest BCUT2D eigenvalue weighted by Crippen LogP contribution is 2.38. The number of carboxylic acid groups (broad SMARTS) is 1. The Kier molecular flexibility index (Phi) is 4.27. The fraction of sp³-hybridized carbons (Fsp3) is 0.769. The van der Waals surface area contributed by atoms with Gasteiger partial charge in [0.2, 0.25) is 0 Å². The van der Waals surface area contributed by atoms with Crippen LogP contribution in [-0.4, -0.2) is 41.5 Å². The lowest BCUT2D eigenvalue weighted by atomic mass is 10.0. The van der Waals surface area contributed by atoms with E-state index < -0.39 is 25.9 Å². The number of nitrogens with zero attached hydrogens (tertiary/aromatic N) is 1. The number of aliphatic carboxylic acids is 1. The molecule has 1 heterocycles. The van der Waals surface area contributed by atoms with Crippen LogP contribution < -0.4 is 0 Å². The lowest BCUT2D eigenvalue weighted by Crippen LogP contribution is -2.47. The van der Waals surface area contributed by atoms with Crippen LogP contribution in [-0.2, 0) is 14.6 Å². The zero-order chi connectivity index (χ0) is 14.8. The summed E-state index contributed by atoms with van der Waals surface area (Å²) in [4.78, 5) is 13.2. The van der Waals surface area contributed by atoms with Gasteiger partial charge in [0.1, 0.15) is 0 Å². The molecule has 0 amide bonds. The molecule has 7 heteroatoms. The molecule has 1 aliphatic heterocycles. The summed E-state index contributed by atoms with van der Waals surface area (Å²) in [6.07, 6.45) is 5.19. The fourth-order valence-corrected chi connectivity index (χ4v) is 5.59. The summed E-state index contributed by atoms with van der Waals surface area (Å²) in [6.45, 7) is 0. The normalized spacial score (nSPS) is 27.9. The van der Waals surface area contributed by atoms with Gasteiger partial charge < -0.3 is 10.5 Å². The van der Waals surface area contributed by atoms with Crippen LogP contribution in [0.25, 0.3) is 0 Å². The maximum absolute atomic E-state index is 12.9. The predicted octanol–water partition coefficient (Wildman–Crippen LogP) is 1.79. The van der Waals surface area contributed by atoms with Crippen LogP contribution in [0.15, 0.2) is 4.99 Å². The Balaban J connectivity index is 2.32. The molecule has 0 aromatic rings. The van der Waals surface area contributed by atoms with Gasteiger partial charge in [-0.2, -0.15) is 0 Å². The van der Waals surface area contributed by atoms with Crippen molar-refractivity contribution >= 4 is 27.7 Å². The lowest BCUT2D eigenvalue weighted by Gasteiger charge is -2.32. The highest BCUT2D eigenvalue weighted by atomic mass is 32.2. The van der Waals surface area contributed by atoms with Gasteiger partial charge in [0.25, 0.3) is 0 Å². The number of sulfone groups is 1.